The molecule has 0 bridgehead atoms. The highest BCUT2D eigenvalue weighted by atomic mass is 127. The highest BCUT2D eigenvalue weighted by Gasteiger charge is 2.25. The van der Waals surface area contributed by atoms with E-state index in [0.29, 0.717) is 22.1 Å². The number of halogens is 1. The molecule has 0 saturated heterocycles. The molecule has 0 radical (unpaired) electrons. The van der Waals surface area contributed by atoms with Gasteiger partial charge in [0.2, 0.25) is 0 Å². The van der Waals surface area contributed by atoms with Crippen molar-refractivity contribution in [2.75, 3.05) is 6.54 Å². The maximum atomic E-state index is 12.4. The minimum atomic E-state index is -0.665. The van der Waals surface area contributed by atoms with E-state index in [9.17, 15) is 20.0 Å². The number of benzene rings is 1. The first-order valence-electron chi connectivity index (χ1n) is 7.30. The first-order chi connectivity index (χ1) is 11.1. The third kappa shape index (κ3) is 5.66. The predicted octanol–water partition coefficient (Wildman–Crippen LogP) is 4.22. The largest absolute Gasteiger partial charge is 0.508 e. The van der Waals surface area contributed by atoms with Crippen molar-refractivity contribution in [3.8, 4) is 5.75 Å². The molecule has 1 amide bonds. The second-order valence-corrected chi connectivity index (χ2v) is 7.21. The molecule has 7 nitrogen and oxygen atoms in total. The number of amides is 1. The van der Waals surface area contributed by atoms with Crippen LogP contribution in [0.15, 0.2) is 24.8 Å². The van der Waals surface area contributed by atoms with Crippen molar-refractivity contribution in [1.29, 1.82) is 0 Å². The number of phenols is 1. The molecule has 0 saturated carbocycles. The third-order valence-corrected chi connectivity index (χ3v) is 4.20. The SMILES string of the molecule is C=CCCN(Cc1c(O)ccc([N+](=O)[O-])c1I)C(=O)OC(C)(C)C. The first-order valence-corrected chi connectivity index (χ1v) is 8.38. The lowest BCUT2D eigenvalue weighted by Gasteiger charge is -2.27. The number of carbonyl (C=O) groups is 1. The molecule has 24 heavy (non-hydrogen) atoms. The van der Waals surface area contributed by atoms with Gasteiger partial charge in [-0.3, -0.25) is 10.1 Å². The molecule has 0 spiro atoms. The fourth-order valence-electron chi connectivity index (χ4n) is 1.89. The summed E-state index contributed by atoms with van der Waals surface area (Å²) < 4.78 is 5.66. The van der Waals surface area contributed by atoms with Crippen molar-refractivity contribution in [2.45, 2.75) is 39.3 Å². The van der Waals surface area contributed by atoms with Gasteiger partial charge < -0.3 is 14.7 Å². The molecule has 0 aliphatic carbocycles. The molecular weight excluding hydrogens is 427 g/mol. The van der Waals surface area contributed by atoms with E-state index in [-0.39, 0.29) is 18.0 Å². The zero-order valence-electron chi connectivity index (χ0n) is 13.9. The summed E-state index contributed by atoms with van der Waals surface area (Å²) in [5.74, 6) is -0.0999. The monoisotopic (exact) mass is 448 g/mol. The molecule has 0 aliphatic heterocycles. The number of phenolic OH excluding ortho intramolecular Hbond substituents is 1. The molecule has 1 N–H and O–H groups in total. The molecule has 0 fully saturated rings. The van der Waals surface area contributed by atoms with Gasteiger partial charge in [-0.15, -0.1) is 6.58 Å². The van der Waals surface area contributed by atoms with E-state index in [2.05, 4.69) is 6.58 Å². The number of aromatic hydroxyl groups is 1. The molecule has 1 aromatic rings. The molecule has 0 heterocycles. The van der Waals surface area contributed by atoms with E-state index in [0.717, 1.165) is 0 Å². The summed E-state index contributed by atoms with van der Waals surface area (Å²) in [4.78, 5) is 24.3. The summed E-state index contributed by atoms with van der Waals surface area (Å²) in [7, 11) is 0. The summed E-state index contributed by atoms with van der Waals surface area (Å²) in [5.41, 5.74) is -0.461. The zero-order chi connectivity index (χ0) is 18.5. The number of nitro groups is 1. The van der Waals surface area contributed by atoms with Crippen molar-refractivity contribution >= 4 is 34.4 Å². The number of ether oxygens (including phenoxy) is 1. The van der Waals surface area contributed by atoms with Crippen molar-refractivity contribution in [2.24, 2.45) is 0 Å². The normalized spacial score (nSPS) is 11.0. The quantitative estimate of drug-likeness (QED) is 0.305. The van der Waals surface area contributed by atoms with E-state index >= 15 is 0 Å². The highest BCUT2D eigenvalue weighted by Crippen LogP contribution is 2.32. The van der Waals surface area contributed by atoms with Crippen LogP contribution in [-0.4, -0.2) is 33.2 Å². The van der Waals surface area contributed by atoms with Crippen LogP contribution in [0.5, 0.6) is 5.75 Å². The Morgan fingerprint density at radius 1 is 1.50 bits per heavy atom. The van der Waals surface area contributed by atoms with Gasteiger partial charge >= 0.3 is 6.09 Å². The summed E-state index contributed by atoms with van der Waals surface area (Å²) in [6, 6.07) is 2.50. The number of nitrogens with zero attached hydrogens (tertiary/aromatic N) is 2. The average molecular weight is 448 g/mol. The molecule has 0 aromatic heterocycles. The smallest absolute Gasteiger partial charge is 0.410 e. The molecular formula is C16H21IN2O5. The number of hydrogen-bond donors (Lipinski definition) is 1. The maximum absolute atomic E-state index is 12.4. The van der Waals surface area contributed by atoms with Gasteiger partial charge in [0.15, 0.2) is 0 Å². The minimum Gasteiger partial charge on any atom is -0.508 e. The van der Waals surface area contributed by atoms with Crippen LogP contribution in [0, 0.1) is 13.7 Å². The number of carbonyl (C=O) groups excluding carboxylic acids is 1. The Balaban J connectivity index is 3.14. The lowest BCUT2D eigenvalue weighted by molar-refractivity contribution is -0.385. The fourth-order valence-corrected chi connectivity index (χ4v) is 2.71. The maximum Gasteiger partial charge on any atom is 0.410 e. The Hall–Kier alpha value is -1.84. The Bertz CT molecular complexity index is 640. The Morgan fingerprint density at radius 3 is 2.62 bits per heavy atom. The van der Waals surface area contributed by atoms with Gasteiger partial charge in [0.05, 0.1) is 15.0 Å². The van der Waals surface area contributed by atoms with Gasteiger partial charge in [0, 0.05) is 18.2 Å². The van der Waals surface area contributed by atoms with Crippen LogP contribution in [0.1, 0.15) is 32.8 Å². The predicted molar refractivity (Wildman–Crippen MR) is 98.9 cm³/mol. The number of rotatable bonds is 6. The van der Waals surface area contributed by atoms with E-state index < -0.39 is 16.6 Å². The van der Waals surface area contributed by atoms with Crippen LogP contribution in [0.2, 0.25) is 0 Å². The van der Waals surface area contributed by atoms with E-state index in [1.807, 2.05) is 0 Å². The van der Waals surface area contributed by atoms with Crippen molar-refractivity contribution in [3.05, 3.63) is 44.0 Å². The minimum absolute atomic E-state index is 0.00847. The van der Waals surface area contributed by atoms with Crippen LogP contribution in [-0.2, 0) is 11.3 Å². The lowest BCUT2D eigenvalue weighted by Crippen LogP contribution is -2.37. The molecule has 1 aromatic carbocycles. The van der Waals surface area contributed by atoms with E-state index in [4.69, 9.17) is 4.74 Å². The standard InChI is InChI=1S/C16H21IN2O5/c1-5-6-9-18(15(21)24-16(2,3)4)10-11-13(20)8-7-12(14(11)17)19(22)23/h5,7-8,20H,1,6,9-10H2,2-4H3. The fraction of sp³-hybridized carbons (Fsp3) is 0.438. The van der Waals surface area contributed by atoms with Crippen LogP contribution < -0.4 is 0 Å². The summed E-state index contributed by atoms with van der Waals surface area (Å²) in [6.45, 7) is 9.23. The third-order valence-electron chi connectivity index (χ3n) is 3.00. The Labute approximate surface area is 154 Å². The molecule has 0 atom stereocenters. The van der Waals surface area contributed by atoms with Gasteiger partial charge in [-0.2, -0.15) is 0 Å². The summed E-state index contributed by atoms with van der Waals surface area (Å²) in [5, 5.41) is 21.1. The molecule has 0 aliphatic rings. The van der Waals surface area contributed by atoms with Gasteiger partial charge in [0.25, 0.3) is 5.69 Å². The number of hydrogen-bond acceptors (Lipinski definition) is 5. The average Bonchev–Trinajstić information content (AvgIpc) is 2.44. The van der Waals surface area contributed by atoms with Crippen LogP contribution in [0.3, 0.4) is 0 Å². The van der Waals surface area contributed by atoms with Crippen molar-refractivity contribution in [3.63, 3.8) is 0 Å². The first kappa shape index (κ1) is 20.2. The Kier molecular flexibility index (Phi) is 7.00. The Morgan fingerprint density at radius 2 is 2.12 bits per heavy atom. The number of nitro benzene ring substituents is 1. The lowest BCUT2D eigenvalue weighted by atomic mass is 10.1. The molecule has 132 valence electrons. The molecule has 1 rings (SSSR count). The van der Waals surface area contributed by atoms with Crippen molar-refractivity contribution in [1.82, 2.24) is 4.90 Å². The topological polar surface area (TPSA) is 92.9 Å². The van der Waals surface area contributed by atoms with Crippen LogP contribution in [0.4, 0.5) is 10.5 Å². The van der Waals surface area contributed by atoms with Gasteiger partial charge in [-0.1, -0.05) is 6.08 Å². The van der Waals surface area contributed by atoms with Crippen molar-refractivity contribution < 1.29 is 19.6 Å². The second-order valence-electron chi connectivity index (χ2n) is 6.13. The molecule has 0 unspecified atom stereocenters. The summed E-state index contributed by atoms with van der Waals surface area (Å²) in [6.07, 6.45) is 1.65. The molecule has 8 heteroatoms. The zero-order valence-corrected chi connectivity index (χ0v) is 16.1. The van der Waals surface area contributed by atoms with E-state index in [1.54, 1.807) is 49.4 Å². The second kappa shape index (κ2) is 8.32. The van der Waals surface area contributed by atoms with Crippen LogP contribution in [0.25, 0.3) is 0 Å². The van der Waals surface area contributed by atoms with Crippen LogP contribution >= 0.6 is 22.6 Å². The summed E-state index contributed by atoms with van der Waals surface area (Å²) >= 11 is 1.80. The van der Waals surface area contributed by atoms with Gasteiger partial charge in [-0.05, 0) is 55.8 Å². The highest BCUT2D eigenvalue weighted by molar-refractivity contribution is 14.1. The van der Waals surface area contributed by atoms with Gasteiger partial charge in [-0.25, -0.2) is 4.79 Å². The van der Waals surface area contributed by atoms with Gasteiger partial charge in [0.1, 0.15) is 11.4 Å². The van der Waals surface area contributed by atoms with E-state index in [1.165, 1.54) is 17.0 Å².